The third-order valence-electron chi connectivity index (χ3n) is 2.23. The first-order valence-electron chi connectivity index (χ1n) is 5.23. The van der Waals surface area contributed by atoms with Crippen LogP contribution in [-0.2, 0) is 11.3 Å². The van der Waals surface area contributed by atoms with Gasteiger partial charge in [-0.1, -0.05) is 13.0 Å². The van der Waals surface area contributed by atoms with Gasteiger partial charge >= 0.3 is 5.97 Å². The smallest absolute Gasteiger partial charge is 0.328 e. The standard InChI is InChI=1S/C12H16N2O2/c1-2-14(9-3-4-12(15)16)10-11-5-7-13-8-6-11/h3-8H,2,9-10H2,1H3,(H,15,16). The van der Waals surface area contributed by atoms with Crippen LogP contribution in [0, 0.1) is 0 Å². The van der Waals surface area contributed by atoms with Crippen LogP contribution in [0.25, 0.3) is 0 Å². The highest BCUT2D eigenvalue weighted by Crippen LogP contribution is 2.02. The van der Waals surface area contributed by atoms with E-state index in [4.69, 9.17) is 5.11 Å². The molecule has 0 aliphatic heterocycles. The fourth-order valence-corrected chi connectivity index (χ4v) is 1.35. The third-order valence-corrected chi connectivity index (χ3v) is 2.23. The summed E-state index contributed by atoms with van der Waals surface area (Å²) in [7, 11) is 0. The first kappa shape index (κ1) is 12.4. The predicted octanol–water partition coefficient (Wildman–Crippen LogP) is 1.54. The number of hydrogen-bond acceptors (Lipinski definition) is 3. The summed E-state index contributed by atoms with van der Waals surface area (Å²) in [5.41, 5.74) is 1.18. The van der Waals surface area contributed by atoms with Crippen molar-refractivity contribution in [3.8, 4) is 0 Å². The monoisotopic (exact) mass is 220 g/mol. The van der Waals surface area contributed by atoms with Gasteiger partial charge in [-0.05, 0) is 24.2 Å². The van der Waals surface area contributed by atoms with Crippen molar-refractivity contribution in [3.63, 3.8) is 0 Å². The van der Waals surface area contributed by atoms with Crippen LogP contribution >= 0.6 is 0 Å². The molecule has 1 aromatic rings. The zero-order chi connectivity index (χ0) is 11.8. The SMILES string of the molecule is CCN(CC=CC(=O)O)Cc1ccncc1. The van der Waals surface area contributed by atoms with Gasteiger partial charge in [-0.25, -0.2) is 4.79 Å². The maximum atomic E-state index is 10.3. The highest BCUT2D eigenvalue weighted by molar-refractivity contribution is 5.79. The molecule has 0 atom stereocenters. The summed E-state index contributed by atoms with van der Waals surface area (Å²) in [6.07, 6.45) is 6.36. The number of aliphatic carboxylic acids is 1. The van der Waals surface area contributed by atoms with Crippen molar-refractivity contribution < 1.29 is 9.90 Å². The van der Waals surface area contributed by atoms with Crippen molar-refractivity contribution in [1.82, 2.24) is 9.88 Å². The van der Waals surface area contributed by atoms with E-state index in [0.29, 0.717) is 6.54 Å². The molecule has 0 spiro atoms. The Hall–Kier alpha value is -1.68. The van der Waals surface area contributed by atoms with Gasteiger partial charge in [-0.3, -0.25) is 9.88 Å². The van der Waals surface area contributed by atoms with E-state index in [1.54, 1.807) is 18.5 Å². The highest BCUT2D eigenvalue weighted by atomic mass is 16.4. The molecule has 0 aliphatic carbocycles. The average molecular weight is 220 g/mol. The minimum atomic E-state index is -0.903. The van der Waals surface area contributed by atoms with Crippen molar-refractivity contribution >= 4 is 5.97 Å². The number of carboxylic acid groups (broad SMARTS) is 1. The number of carboxylic acids is 1. The minimum absolute atomic E-state index is 0.644. The van der Waals surface area contributed by atoms with E-state index in [1.807, 2.05) is 12.1 Å². The van der Waals surface area contributed by atoms with Crippen molar-refractivity contribution in [2.24, 2.45) is 0 Å². The van der Waals surface area contributed by atoms with Crippen molar-refractivity contribution in [1.29, 1.82) is 0 Å². The molecular formula is C12H16N2O2. The number of nitrogens with zero attached hydrogens (tertiary/aromatic N) is 2. The van der Waals surface area contributed by atoms with Crippen LogP contribution in [0.15, 0.2) is 36.7 Å². The molecule has 1 rings (SSSR count). The predicted molar refractivity (Wildman–Crippen MR) is 62.0 cm³/mol. The van der Waals surface area contributed by atoms with Gasteiger partial charge in [0.25, 0.3) is 0 Å². The first-order valence-corrected chi connectivity index (χ1v) is 5.23. The summed E-state index contributed by atoms with van der Waals surface area (Å²) < 4.78 is 0. The topological polar surface area (TPSA) is 53.4 Å². The molecule has 4 heteroatoms. The molecule has 1 N–H and O–H groups in total. The summed E-state index contributed by atoms with van der Waals surface area (Å²) in [4.78, 5) is 16.4. The van der Waals surface area contributed by atoms with Gasteiger partial charge < -0.3 is 5.11 Å². The van der Waals surface area contributed by atoms with Gasteiger partial charge in [0.1, 0.15) is 0 Å². The van der Waals surface area contributed by atoms with Crippen LogP contribution in [0.1, 0.15) is 12.5 Å². The van der Waals surface area contributed by atoms with Crippen LogP contribution in [0.4, 0.5) is 0 Å². The fourth-order valence-electron chi connectivity index (χ4n) is 1.35. The lowest BCUT2D eigenvalue weighted by Crippen LogP contribution is -2.22. The van der Waals surface area contributed by atoms with E-state index in [9.17, 15) is 4.79 Å². The molecule has 1 heterocycles. The molecule has 0 saturated heterocycles. The largest absolute Gasteiger partial charge is 0.478 e. The molecule has 0 aliphatic rings. The van der Waals surface area contributed by atoms with E-state index < -0.39 is 5.97 Å². The molecule has 86 valence electrons. The van der Waals surface area contributed by atoms with Crippen LogP contribution in [0.5, 0.6) is 0 Å². The van der Waals surface area contributed by atoms with Crippen LogP contribution in [0.3, 0.4) is 0 Å². The van der Waals surface area contributed by atoms with Crippen LogP contribution < -0.4 is 0 Å². The second kappa shape index (κ2) is 6.74. The van der Waals surface area contributed by atoms with Gasteiger partial charge in [0.05, 0.1) is 0 Å². The van der Waals surface area contributed by atoms with Gasteiger partial charge in [-0.15, -0.1) is 0 Å². The Morgan fingerprint density at radius 1 is 1.50 bits per heavy atom. The number of rotatable bonds is 6. The molecule has 0 amide bonds. The van der Waals surface area contributed by atoms with Crippen molar-refractivity contribution in [2.75, 3.05) is 13.1 Å². The second-order valence-electron chi connectivity index (χ2n) is 3.42. The Balaban J connectivity index is 2.46. The summed E-state index contributed by atoms with van der Waals surface area (Å²) >= 11 is 0. The maximum absolute atomic E-state index is 10.3. The number of pyridine rings is 1. The lowest BCUT2D eigenvalue weighted by atomic mass is 10.2. The molecule has 0 unspecified atom stereocenters. The van der Waals surface area contributed by atoms with Gasteiger partial charge in [0, 0.05) is 31.6 Å². The van der Waals surface area contributed by atoms with Crippen molar-refractivity contribution in [3.05, 3.63) is 42.2 Å². The lowest BCUT2D eigenvalue weighted by Gasteiger charge is -2.18. The maximum Gasteiger partial charge on any atom is 0.328 e. The second-order valence-corrected chi connectivity index (χ2v) is 3.42. The highest BCUT2D eigenvalue weighted by Gasteiger charge is 2.01. The van der Waals surface area contributed by atoms with Gasteiger partial charge in [0.15, 0.2) is 0 Å². The van der Waals surface area contributed by atoms with Crippen LogP contribution in [-0.4, -0.2) is 34.0 Å². The summed E-state index contributed by atoms with van der Waals surface area (Å²) in [6.45, 7) is 4.39. The number of likely N-dealkylation sites (N-methyl/N-ethyl adjacent to an activating group) is 1. The Labute approximate surface area is 95.2 Å². The van der Waals surface area contributed by atoms with E-state index in [-0.39, 0.29) is 0 Å². The molecule has 0 saturated carbocycles. The Kier molecular flexibility index (Phi) is 5.22. The third kappa shape index (κ3) is 4.70. The molecule has 4 nitrogen and oxygen atoms in total. The molecule has 16 heavy (non-hydrogen) atoms. The van der Waals surface area contributed by atoms with Crippen LogP contribution in [0.2, 0.25) is 0 Å². The van der Waals surface area contributed by atoms with Gasteiger partial charge in [0.2, 0.25) is 0 Å². The Morgan fingerprint density at radius 2 is 2.19 bits per heavy atom. The Bertz CT molecular complexity index is 349. The zero-order valence-electron chi connectivity index (χ0n) is 9.34. The molecule has 0 fully saturated rings. The normalized spacial score (nSPS) is 11.1. The van der Waals surface area contributed by atoms with Gasteiger partial charge in [-0.2, -0.15) is 0 Å². The van der Waals surface area contributed by atoms with Crippen molar-refractivity contribution in [2.45, 2.75) is 13.5 Å². The fraction of sp³-hybridized carbons (Fsp3) is 0.333. The van der Waals surface area contributed by atoms with E-state index in [0.717, 1.165) is 13.1 Å². The van der Waals surface area contributed by atoms with E-state index >= 15 is 0 Å². The lowest BCUT2D eigenvalue weighted by molar-refractivity contribution is -0.131. The quantitative estimate of drug-likeness (QED) is 0.739. The summed E-state index contributed by atoms with van der Waals surface area (Å²) in [6, 6.07) is 3.92. The molecular weight excluding hydrogens is 204 g/mol. The summed E-state index contributed by atoms with van der Waals surface area (Å²) in [5, 5.41) is 8.48. The summed E-state index contributed by atoms with van der Waals surface area (Å²) in [5.74, 6) is -0.903. The van der Waals surface area contributed by atoms with E-state index in [2.05, 4.69) is 16.8 Å². The zero-order valence-corrected chi connectivity index (χ0v) is 9.34. The molecule has 1 aromatic heterocycles. The molecule has 0 bridgehead atoms. The molecule has 0 aromatic carbocycles. The Morgan fingerprint density at radius 3 is 2.75 bits per heavy atom. The average Bonchev–Trinajstić information content (AvgIpc) is 2.28. The number of carbonyl (C=O) groups is 1. The minimum Gasteiger partial charge on any atom is -0.478 e. The van der Waals surface area contributed by atoms with E-state index in [1.165, 1.54) is 11.6 Å². The molecule has 0 radical (unpaired) electrons. The first-order chi connectivity index (χ1) is 7.72. The number of hydrogen-bond donors (Lipinski definition) is 1. The number of aromatic nitrogens is 1.